The molecule has 0 spiro atoms. The monoisotopic (exact) mass is 488 g/mol. The van der Waals surface area contributed by atoms with Crippen molar-refractivity contribution < 1.29 is 9.53 Å². The van der Waals surface area contributed by atoms with Gasteiger partial charge in [-0.3, -0.25) is 9.36 Å². The van der Waals surface area contributed by atoms with Crippen molar-refractivity contribution >= 4 is 17.7 Å². The van der Waals surface area contributed by atoms with E-state index < -0.39 is 0 Å². The number of thioether (sulfide) groups is 1. The highest BCUT2D eigenvalue weighted by molar-refractivity contribution is 7.99. The second kappa shape index (κ2) is 9.69. The maximum atomic E-state index is 13.0. The first-order valence-corrected chi connectivity index (χ1v) is 13.7. The highest BCUT2D eigenvalue weighted by Gasteiger charge is 2.48. The number of nitrogens with one attached hydrogen (secondary N) is 1. The van der Waals surface area contributed by atoms with E-state index in [-0.39, 0.29) is 5.91 Å². The Kier molecular flexibility index (Phi) is 6.27. The fraction of sp³-hybridized carbons (Fsp3) is 0.464. The van der Waals surface area contributed by atoms with Gasteiger partial charge in [0.2, 0.25) is 5.91 Å². The molecule has 3 aromatic rings. The second-order valence-electron chi connectivity index (χ2n) is 10.4. The van der Waals surface area contributed by atoms with Crippen LogP contribution in [0.25, 0.3) is 5.69 Å². The predicted molar refractivity (Wildman–Crippen MR) is 137 cm³/mol. The van der Waals surface area contributed by atoms with Crippen molar-refractivity contribution in [3.8, 4) is 11.4 Å². The van der Waals surface area contributed by atoms with Crippen LogP contribution in [0.2, 0.25) is 0 Å². The molecule has 2 aromatic carbocycles. The molecule has 6 nitrogen and oxygen atoms in total. The number of hydrogen-bond acceptors (Lipinski definition) is 5. The summed E-state index contributed by atoms with van der Waals surface area (Å²) in [7, 11) is 0. The number of aromatic nitrogens is 3. The Morgan fingerprint density at radius 1 is 0.971 bits per heavy atom. The molecular formula is C28H32N4O2S. The Labute approximate surface area is 210 Å². The Hall–Kier alpha value is -2.80. The fourth-order valence-electron chi connectivity index (χ4n) is 6.70. The second-order valence-corrected chi connectivity index (χ2v) is 11.4. The number of aryl methyl sites for hydroxylation is 1. The van der Waals surface area contributed by atoms with Gasteiger partial charge in [-0.1, -0.05) is 48.2 Å². The van der Waals surface area contributed by atoms with Crippen LogP contribution >= 0.6 is 11.8 Å². The molecule has 4 bridgehead atoms. The number of benzene rings is 2. The van der Waals surface area contributed by atoms with E-state index in [0.29, 0.717) is 41.2 Å². The molecular weight excluding hydrogens is 456 g/mol. The number of para-hydroxylation sites is 2. The number of carbonyl (C=O) groups is 1. The molecule has 182 valence electrons. The van der Waals surface area contributed by atoms with Gasteiger partial charge in [0.05, 0.1) is 5.75 Å². The number of carbonyl (C=O) groups excluding carboxylic acids is 1. The van der Waals surface area contributed by atoms with Crippen LogP contribution in [0.5, 0.6) is 5.75 Å². The first-order valence-electron chi connectivity index (χ1n) is 12.7. The van der Waals surface area contributed by atoms with Crippen molar-refractivity contribution in [3.63, 3.8) is 0 Å². The van der Waals surface area contributed by atoms with E-state index in [9.17, 15) is 4.79 Å². The van der Waals surface area contributed by atoms with Gasteiger partial charge in [-0.15, -0.1) is 10.2 Å². The van der Waals surface area contributed by atoms with Gasteiger partial charge < -0.3 is 10.1 Å². The Bertz CT molecular complexity index is 1170. The van der Waals surface area contributed by atoms with E-state index in [4.69, 9.17) is 4.74 Å². The van der Waals surface area contributed by atoms with Crippen molar-refractivity contribution in [2.45, 2.75) is 56.8 Å². The van der Waals surface area contributed by atoms with Crippen molar-refractivity contribution in [1.82, 2.24) is 20.1 Å². The largest absolute Gasteiger partial charge is 0.485 e. The van der Waals surface area contributed by atoms with E-state index >= 15 is 0 Å². The lowest BCUT2D eigenvalue weighted by atomic mass is 9.54. The Morgan fingerprint density at radius 3 is 2.37 bits per heavy atom. The van der Waals surface area contributed by atoms with Gasteiger partial charge in [0, 0.05) is 11.7 Å². The van der Waals surface area contributed by atoms with E-state index in [0.717, 1.165) is 28.8 Å². The maximum absolute atomic E-state index is 13.0. The average molecular weight is 489 g/mol. The molecule has 4 saturated carbocycles. The molecule has 1 aromatic heterocycles. The van der Waals surface area contributed by atoms with E-state index in [2.05, 4.69) is 15.5 Å². The molecule has 4 aliphatic rings. The molecule has 0 atom stereocenters. The van der Waals surface area contributed by atoms with Gasteiger partial charge >= 0.3 is 0 Å². The lowest BCUT2D eigenvalue weighted by molar-refractivity contribution is -0.122. The number of rotatable bonds is 8. The minimum atomic E-state index is 0.104. The average Bonchev–Trinajstić information content (AvgIpc) is 3.27. The standard InChI is InChI=1S/C28H32N4O2S/c1-18-7-5-6-10-24(18)34-16-25-30-31-28(32(25)23-8-3-2-4-9-23)35-17-26(33)29-27-21-12-19-11-20(14-21)15-22(27)13-19/h2-10,19-22,27H,11-17H2,1H3,(H,29,33). The summed E-state index contributed by atoms with van der Waals surface area (Å²) in [5.41, 5.74) is 2.04. The van der Waals surface area contributed by atoms with Crippen LogP contribution in [0.4, 0.5) is 0 Å². The molecule has 0 radical (unpaired) electrons. The minimum Gasteiger partial charge on any atom is -0.485 e. The van der Waals surface area contributed by atoms with E-state index in [1.54, 1.807) is 0 Å². The van der Waals surface area contributed by atoms with Crippen LogP contribution in [0.1, 0.15) is 43.5 Å². The molecule has 0 unspecified atom stereocenters. The van der Waals surface area contributed by atoms with Crippen molar-refractivity contribution in [1.29, 1.82) is 0 Å². The lowest BCUT2D eigenvalue weighted by Crippen LogP contribution is -2.56. The molecule has 0 aliphatic heterocycles. The topological polar surface area (TPSA) is 69.0 Å². The molecule has 4 fully saturated rings. The summed E-state index contributed by atoms with van der Waals surface area (Å²) in [6, 6.07) is 18.3. The van der Waals surface area contributed by atoms with Gasteiger partial charge in [0.25, 0.3) is 0 Å². The molecule has 4 aliphatic carbocycles. The third kappa shape index (κ3) is 4.70. The molecule has 1 N–H and O–H groups in total. The SMILES string of the molecule is Cc1ccccc1OCc1nnc(SCC(=O)NC2C3CC4CC(C3)CC2C4)n1-c1ccccc1. The van der Waals surface area contributed by atoms with Crippen molar-refractivity contribution in [2.75, 3.05) is 5.75 Å². The molecule has 0 saturated heterocycles. The van der Waals surface area contributed by atoms with Gasteiger partial charge in [-0.05, 0) is 86.5 Å². The summed E-state index contributed by atoms with van der Waals surface area (Å²) in [6.07, 6.45) is 6.64. The van der Waals surface area contributed by atoms with Crippen molar-refractivity contribution in [2.24, 2.45) is 23.7 Å². The summed E-state index contributed by atoms with van der Waals surface area (Å²) in [5, 5.41) is 13.0. The van der Waals surface area contributed by atoms with E-state index in [1.165, 1.54) is 43.9 Å². The van der Waals surface area contributed by atoms with Crippen LogP contribution < -0.4 is 10.1 Å². The van der Waals surface area contributed by atoms with Crippen LogP contribution in [0.3, 0.4) is 0 Å². The molecule has 1 heterocycles. The maximum Gasteiger partial charge on any atom is 0.230 e. The predicted octanol–water partition coefficient (Wildman–Crippen LogP) is 5.19. The Balaban J connectivity index is 1.14. The number of nitrogens with zero attached hydrogens (tertiary/aromatic N) is 3. The zero-order valence-corrected chi connectivity index (χ0v) is 20.9. The van der Waals surface area contributed by atoms with Crippen LogP contribution in [0, 0.1) is 30.6 Å². The first kappa shape index (κ1) is 22.7. The highest BCUT2D eigenvalue weighted by atomic mass is 32.2. The smallest absolute Gasteiger partial charge is 0.230 e. The third-order valence-corrected chi connectivity index (χ3v) is 8.98. The summed E-state index contributed by atoms with van der Waals surface area (Å²) >= 11 is 1.44. The van der Waals surface area contributed by atoms with Gasteiger partial charge in [-0.25, -0.2) is 0 Å². The fourth-order valence-corrected chi connectivity index (χ4v) is 7.48. The quantitative estimate of drug-likeness (QED) is 0.442. The summed E-state index contributed by atoms with van der Waals surface area (Å²) in [6.45, 7) is 2.33. The number of hydrogen-bond donors (Lipinski definition) is 1. The molecule has 7 heteroatoms. The number of ether oxygens (including phenoxy) is 1. The normalized spacial score (nSPS) is 26.6. The zero-order chi connectivity index (χ0) is 23.8. The minimum absolute atomic E-state index is 0.104. The van der Waals surface area contributed by atoms with Crippen molar-refractivity contribution in [3.05, 3.63) is 66.0 Å². The van der Waals surface area contributed by atoms with Gasteiger partial charge in [0.1, 0.15) is 12.4 Å². The Morgan fingerprint density at radius 2 is 1.66 bits per heavy atom. The summed E-state index contributed by atoms with van der Waals surface area (Å²) in [4.78, 5) is 13.0. The highest BCUT2D eigenvalue weighted by Crippen LogP contribution is 2.53. The van der Waals surface area contributed by atoms with Crippen LogP contribution in [-0.2, 0) is 11.4 Å². The van der Waals surface area contributed by atoms with E-state index in [1.807, 2.05) is 66.1 Å². The summed E-state index contributed by atoms with van der Waals surface area (Å²) < 4.78 is 8.07. The van der Waals surface area contributed by atoms with Crippen LogP contribution in [0.15, 0.2) is 59.8 Å². The lowest BCUT2D eigenvalue weighted by Gasteiger charge is -2.54. The third-order valence-electron chi connectivity index (χ3n) is 8.05. The molecule has 7 rings (SSSR count). The zero-order valence-electron chi connectivity index (χ0n) is 20.1. The molecule has 1 amide bonds. The van der Waals surface area contributed by atoms with Gasteiger partial charge in [0.15, 0.2) is 11.0 Å². The van der Waals surface area contributed by atoms with Crippen LogP contribution in [-0.4, -0.2) is 32.5 Å². The summed E-state index contributed by atoms with van der Waals surface area (Å²) in [5.74, 6) is 5.16. The number of amides is 1. The van der Waals surface area contributed by atoms with Gasteiger partial charge in [-0.2, -0.15) is 0 Å². The molecule has 35 heavy (non-hydrogen) atoms. The first-order chi connectivity index (χ1) is 17.1.